The lowest BCUT2D eigenvalue weighted by Crippen LogP contribution is -2.25. The minimum absolute atomic E-state index is 0.220. The second-order valence-corrected chi connectivity index (χ2v) is 5.93. The fourth-order valence-electron chi connectivity index (χ4n) is 2.47. The predicted molar refractivity (Wildman–Crippen MR) is 88.1 cm³/mol. The molecule has 2 rings (SSSR count). The number of hydrogen-bond acceptors (Lipinski definition) is 1. The van der Waals surface area contributed by atoms with Crippen LogP contribution in [0.1, 0.15) is 32.8 Å². The first-order chi connectivity index (χ1) is 9.63. The fraction of sp³-hybridized carbons (Fsp3) is 0.368. The van der Waals surface area contributed by atoms with E-state index in [1.54, 1.807) is 0 Å². The summed E-state index contributed by atoms with van der Waals surface area (Å²) >= 11 is 0. The second-order valence-electron chi connectivity index (χ2n) is 5.93. The Bertz CT molecular complexity index is 511. The van der Waals surface area contributed by atoms with Crippen LogP contribution in [0.5, 0.6) is 0 Å². The molecule has 0 radical (unpaired) electrons. The largest absolute Gasteiger partial charge is 0.317 e. The molecule has 1 N–H and O–H groups in total. The molecule has 0 heterocycles. The van der Waals surface area contributed by atoms with Gasteiger partial charge in [-0.05, 0) is 41.6 Å². The first-order valence-electron chi connectivity index (χ1n) is 7.50. The van der Waals surface area contributed by atoms with Crippen LogP contribution in [0.15, 0.2) is 54.6 Å². The first-order valence-corrected chi connectivity index (χ1v) is 7.50. The quantitative estimate of drug-likeness (QED) is 0.752. The van der Waals surface area contributed by atoms with Crippen LogP contribution in [-0.4, -0.2) is 13.1 Å². The molecule has 0 fully saturated rings. The van der Waals surface area contributed by atoms with Crippen molar-refractivity contribution >= 4 is 0 Å². The Labute approximate surface area is 123 Å². The lowest BCUT2D eigenvalue weighted by atomic mass is 9.81. The molecule has 0 aromatic heterocycles. The first kappa shape index (κ1) is 14.8. The third-order valence-corrected chi connectivity index (χ3v) is 3.95. The minimum atomic E-state index is 0.220. The second kappa shape index (κ2) is 6.71. The molecule has 0 bridgehead atoms. The van der Waals surface area contributed by atoms with Gasteiger partial charge < -0.3 is 5.32 Å². The summed E-state index contributed by atoms with van der Waals surface area (Å²) in [5, 5.41) is 3.41. The van der Waals surface area contributed by atoms with Gasteiger partial charge in [-0.3, -0.25) is 0 Å². The van der Waals surface area contributed by atoms with Crippen LogP contribution in [0, 0.1) is 0 Å². The van der Waals surface area contributed by atoms with E-state index < -0.39 is 0 Å². The molecule has 0 saturated carbocycles. The molecule has 2 aromatic carbocycles. The molecule has 0 atom stereocenters. The van der Waals surface area contributed by atoms with Crippen LogP contribution in [0.2, 0.25) is 0 Å². The summed E-state index contributed by atoms with van der Waals surface area (Å²) in [6.07, 6.45) is 1.16. The van der Waals surface area contributed by atoms with Crippen molar-refractivity contribution in [3.63, 3.8) is 0 Å². The SMILES string of the molecule is CCNCCC(C)(C)c1ccc(-c2ccccc2)cc1. The van der Waals surface area contributed by atoms with E-state index in [2.05, 4.69) is 80.7 Å². The maximum atomic E-state index is 3.41. The number of benzene rings is 2. The summed E-state index contributed by atoms with van der Waals surface area (Å²) in [6, 6.07) is 19.6. The molecular formula is C19H25N. The summed E-state index contributed by atoms with van der Waals surface area (Å²) < 4.78 is 0. The molecular weight excluding hydrogens is 242 g/mol. The molecule has 0 unspecified atom stereocenters. The van der Waals surface area contributed by atoms with E-state index in [1.807, 2.05) is 0 Å². The van der Waals surface area contributed by atoms with Gasteiger partial charge in [0, 0.05) is 0 Å². The predicted octanol–water partition coefficient (Wildman–Crippen LogP) is 4.63. The van der Waals surface area contributed by atoms with Crippen molar-refractivity contribution in [2.75, 3.05) is 13.1 Å². The summed E-state index contributed by atoms with van der Waals surface area (Å²) in [4.78, 5) is 0. The van der Waals surface area contributed by atoms with E-state index in [0.29, 0.717) is 0 Å². The van der Waals surface area contributed by atoms with Crippen LogP contribution in [0.4, 0.5) is 0 Å². The zero-order valence-corrected chi connectivity index (χ0v) is 12.8. The van der Waals surface area contributed by atoms with Crippen LogP contribution >= 0.6 is 0 Å². The van der Waals surface area contributed by atoms with E-state index in [-0.39, 0.29) is 5.41 Å². The van der Waals surface area contributed by atoms with Crippen molar-refractivity contribution in [2.45, 2.75) is 32.6 Å². The van der Waals surface area contributed by atoms with Crippen LogP contribution in [0.25, 0.3) is 11.1 Å². The smallest absolute Gasteiger partial charge is 0.00407 e. The molecule has 0 aliphatic rings. The Morgan fingerprint density at radius 1 is 0.850 bits per heavy atom. The van der Waals surface area contributed by atoms with Gasteiger partial charge in [0.2, 0.25) is 0 Å². The highest BCUT2D eigenvalue weighted by Gasteiger charge is 2.19. The summed E-state index contributed by atoms with van der Waals surface area (Å²) in [5.74, 6) is 0. The lowest BCUT2D eigenvalue weighted by Gasteiger charge is -2.25. The molecule has 0 aliphatic heterocycles. The van der Waals surface area contributed by atoms with Crippen molar-refractivity contribution in [2.24, 2.45) is 0 Å². The van der Waals surface area contributed by atoms with Crippen molar-refractivity contribution in [3.8, 4) is 11.1 Å². The van der Waals surface area contributed by atoms with Crippen molar-refractivity contribution in [1.82, 2.24) is 5.32 Å². The number of nitrogens with one attached hydrogen (secondary N) is 1. The Hall–Kier alpha value is -1.60. The maximum Gasteiger partial charge on any atom is -0.00407 e. The highest BCUT2D eigenvalue weighted by atomic mass is 14.8. The molecule has 106 valence electrons. The third kappa shape index (κ3) is 3.71. The van der Waals surface area contributed by atoms with Gasteiger partial charge in [0.15, 0.2) is 0 Å². The lowest BCUT2D eigenvalue weighted by molar-refractivity contribution is 0.461. The monoisotopic (exact) mass is 267 g/mol. The van der Waals surface area contributed by atoms with Crippen LogP contribution < -0.4 is 5.32 Å². The normalized spacial score (nSPS) is 11.6. The summed E-state index contributed by atoms with van der Waals surface area (Å²) in [6.45, 7) is 8.92. The topological polar surface area (TPSA) is 12.0 Å². The van der Waals surface area contributed by atoms with E-state index in [0.717, 1.165) is 19.5 Å². The number of hydrogen-bond donors (Lipinski definition) is 1. The van der Waals surface area contributed by atoms with Gasteiger partial charge in [-0.15, -0.1) is 0 Å². The molecule has 1 nitrogen and oxygen atoms in total. The zero-order chi connectivity index (χ0) is 14.4. The van der Waals surface area contributed by atoms with E-state index >= 15 is 0 Å². The van der Waals surface area contributed by atoms with Crippen LogP contribution in [-0.2, 0) is 5.41 Å². The standard InChI is InChI=1S/C19H25N/c1-4-20-15-14-19(2,3)18-12-10-17(11-13-18)16-8-6-5-7-9-16/h5-13,20H,4,14-15H2,1-3H3. The van der Waals surface area contributed by atoms with E-state index in [1.165, 1.54) is 16.7 Å². The van der Waals surface area contributed by atoms with Gasteiger partial charge in [-0.2, -0.15) is 0 Å². The zero-order valence-electron chi connectivity index (χ0n) is 12.8. The van der Waals surface area contributed by atoms with Crippen molar-refractivity contribution in [1.29, 1.82) is 0 Å². The highest BCUT2D eigenvalue weighted by molar-refractivity contribution is 5.63. The van der Waals surface area contributed by atoms with Crippen molar-refractivity contribution < 1.29 is 0 Å². The average Bonchev–Trinajstić information content (AvgIpc) is 2.48. The highest BCUT2D eigenvalue weighted by Crippen LogP contribution is 2.29. The Balaban J connectivity index is 2.11. The maximum absolute atomic E-state index is 3.41. The van der Waals surface area contributed by atoms with Crippen molar-refractivity contribution in [3.05, 3.63) is 60.2 Å². The molecule has 0 aliphatic carbocycles. The minimum Gasteiger partial charge on any atom is -0.317 e. The number of rotatable bonds is 6. The molecule has 20 heavy (non-hydrogen) atoms. The Morgan fingerprint density at radius 2 is 1.45 bits per heavy atom. The molecule has 0 saturated heterocycles. The van der Waals surface area contributed by atoms with Gasteiger partial charge in [-0.25, -0.2) is 0 Å². The van der Waals surface area contributed by atoms with E-state index in [4.69, 9.17) is 0 Å². The molecule has 2 aromatic rings. The fourth-order valence-corrected chi connectivity index (χ4v) is 2.47. The molecule has 0 spiro atoms. The molecule has 0 amide bonds. The molecule has 1 heteroatoms. The third-order valence-electron chi connectivity index (χ3n) is 3.95. The Kier molecular flexibility index (Phi) is 4.97. The van der Waals surface area contributed by atoms with Gasteiger partial charge in [0.05, 0.1) is 0 Å². The van der Waals surface area contributed by atoms with Gasteiger partial charge in [0.1, 0.15) is 0 Å². The average molecular weight is 267 g/mol. The summed E-state index contributed by atoms with van der Waals surface area (Å²) in [5.41, 5.74) is 4.20. The van der Waals surface area contributed by atoms with Gasteiger partial charge in [0.25, 0.3) is 0 Å². The van der Waals surface area contributed by atoms with Gasteiger partial charge >= 0.3 is 0 Å². The Morgan fingerprint density at radius 3 is 2.05 bits per heavy atom. The van der Waals surface area contributed by atoms with Gasteiger partial charge in [-0.1, -0.05) is 75.4 Å². The van der Waals surface area contributed by atoms with Crippen LogP contribution in [0.3, 0.4) is 0 Å². The van der Waals surface area contributed by atoms with E-state index in [9.17, 15) is 0 Å². The summed E-state index contributed by atoms with van der Waals surface area (Å²) in [7, 11) is 0.